The predicted molar refractivity (Wildman–Crippen MR) is 70.0 cm³/mol. The molecule has 102 valence electrons. The minimum atomic E-state index is -0.425. The summed E-state index contributed by atoms with van der Waals surface area (Å²) >= 11 is 0. The number of esters is 1. The highest BCUT2D eigenvalue weighted by Crippen LogP contribution is 2.06. The van der Waals surface area contributed by atoms with Crippen molar-refractivity contribution in [1.29, 1.82) is 0 Å². The van der Waals surface area contributed by atoms with E-state index in [1.807, 2.05) is 6.08 Å². The van der Waals surface area contributed by atoms with Crippen LogP contribution in [0.4, 0.5) is 0 Å². The zero-order valence-corrected chi connectivity index (χ0v) is 11.1. The van der Waals surface area contributed by atoms with Crippen molar-refractivity contribution in [3.05, 3.63) is 12.2 Å². The molecule has 4 heteroatoms. The van der Waals surface area contributed by atoms with E-state index in [0.29, 0.717) is 19.4 Å². The smallest absolute Gasteiger partial charge is 0.328 e. The van der Waals surface area contributed by atoms with Gasteiger partial charge in [-0.15, -0.1) is 0 Å². The Balaban J connectivity index is 2.04. The maximum atomic E-state index is 11.5. The van der Waals surface area contributed by atoms with E-state index in [0.717, 1.165) is 12.8 Å². The summed E-state index contributed by atoms with van der Waals surface area (Å²) in [7, 11) is 0. The van der Waals surface area contributed by atoms with Crippen molar-refractivity contribution >= 4 is 11.9 Å². The number of ether oxygens (including phenoxy) is 1. The number of allylic oxidation sites excluding steroid dienone is 2. The van der Waals surface area contributed by atoms with E-state index < -0.39 is 6.04 Å². The van der Waals surface area contributed by atoms with Gasteiger partial charge in [0.05, 0.1) is 6.61 Å². The van der Waals surface area contributed by atoms with E-state index in [4.69, 9.17) is 4.74 Å². The number of cyclic esters (lactones) is 1. The van der Waals surface area contributed by atoms with Gasteiger partial charge in [-0.25, -0.2) is 4.79 Å². The molecule has 1 aliphatic heterocycles. The summed E-state index contributed by atoms with van der Waals surface area (Å²) in [6, 6.07) is -0.425. The van der Waals surface area contributed by atoms with Gasteiger partial charge >= 0.3 is 5.97 Å². The van der Waals surface area contributed by atoms with Crippen molar-refractivity contribution in [1.82, 2.24) is 5.32 Å². The highest BCUT2D eigenvalue weighted by atomic mass is 16.5. The average molecular weight is 253 g/mol. The molecule has 1 fully saturated rings. The second-order valence-electron chi connectivity index (χ2n) is 4.58. The third kappa shape index (κ3) is 5.84. The molecule has 1 heterocycles. The molecule has 1 saturated heterocycles. The fraction of sp³-hybridized carbons (Fsp3) is 0.714. The third-order valence-corrected chi connectivity index (χ3v) is 2.95. The highest BCUT2D eigenvalue weighted by molar-refractivity contribution is 5.85. The van der Waals surface area contributed by atoms with E-state index in [9.17, 15) is 9.59 Å². The maximum Gasteiger partial charge on any atom is 0.328 e. The molecule has 1 unspecified atom stereocenters. The molecule has 1 N–H and O–H groups in total. The molecule has 1 rings (SSSR count). The van der Waals surface area contributed by atoms with Gasteiger partial charge in [-0.2, -0.15) is 0 Å². The van der Waals surface area contributed by atoms with Crippen LogP contribution in [0.25, 0.3) is 0 Å². The Labute approximate surface area is 109 Å². The van der Waals surface area contributed by atoms with Gasteiger partial charge in [0, 0.05) is 12.8 Å². The Morgan fingerprint density at radius 2 is 2.17 bits per heavy atom. The molecule has 0 aromatic heterocycles. The Hall–Kier alpha value is -1.32. The minimum Gasteiger partial charge on any atom is -0.464 e. The van der Waals surface area contributed by atoms with Crippen LogP contribution in [0.15, 0.2) is 12.2 Å². The standard InChI is InChI=1S/C14H23NO3/c1-2-3-4-5-6-7-8-9-13(16)15-12-10-11-18-14(12)17/h6-7,12H,2-5,8-11H2,1H3,(H,15,16). The number of unbranched alkanes of at least 4 members (excludes halogenated alkanes) is 3. The van der Waals surface area contributed by atoms with Gasteiger partial charge in [-0.05, 0) is 19.3 Å². The Bertz CT molecular complexity index is 299. The largest absolute Gasteiger partial charge is 0.464 e. The fourth-order valence-corrected chi connectivity index (χ4v) is 1.86. The van der Waals surface area contributed by atoms with E-state index in [1.54, 1.807) is 0 Å². The summed E-state index contributed by atoms with van der Waals surface area (Å²) in [5, 5.41) is 2.69. The van der Waals surface area contributed by atoms with Crippen LogP contribution in [-0.4, -0.2) is 24.5 Å². The molecule has 4 nitrogen and oxygen atoms in total. The van der Waals surface area contributed by atoms with Crippen LogP contribution in [0.2, 0.25) is 0 Å². The van der Waals surface area contributed by atoms with Crippen molar-refractivity contribution in [3.63, 3.8) is 0 Å². The molecule has 0 spiro atoms. The monoisotopic (exact) mass is 253 g/mol. The van der Waals surface area contributed by atoms with Gasteiger partial charge in [0.15, 0.2) is 0 Å². The first-order chi connectivity index (χ1) is 8.74. The lowest BCUT2D eigenvalue weighted by atomic mass is 10.2. The summed E-state index contributed by atoms with van der Waals surface area (Å²) in [6.45, 7) is 2.60. The van der Waals surface area contributed by atoms with Gasteiger partial charge < -0.3 is 10.1 Å². The van der Waals surface area contributed by atoms with Gasteiger partial charge in [0.2, 0.25) is 5.91 Å². The van der Waals surface area contributed by atoms with Crippen LogP contribution >= 0.6 is 0 Å². The fourth-order valence-electron chi connectivity index (χ4n) is 1.86. The van der Waals surface area contributed by atoms with Crippen LogP contribution in [0.5, 0.6) is 0 Å². The summed E-state index contributed by atoms with van der Waals surface area (Å²) < 4.78 is 4.78. The van der Waals surface area contributed by atoms with Crippen molar-refractivity contribution < 1.29 is 14.3 Å². The lowest BCUT2D eigenvalue weighted by Crippen LogP contribution is -2.37. The number of carbonyl (C=O) groups excluding carboxylic acids is 2. The number of amides is 1. The molecule has 0 aromatic carbocycles. The Morgan fingerprint density at radius 3 is 2.83 bits per heavy atom. The zero-order valence-electron chi connectivity index (χ0n) is 11.1. The van der Waals surface area contributed by atoms with Crippen LogP contribution < -0.4 is 5.32 Å². The van der Waals surface area contributed by atoms with Crippen LogP contribution in [0.3, 0.4) is 0 Å². The van der Waals surface area contributed by atoms with Crippen molar-refractivity contribution in [2.24, 2.45) is 0 Å². The minimum absolute atomic E-state index is 0.0722. The first-order valence-electron chi connectivity index (χ1n) is 6.85. The molecular formula is C14H23NO3. The molecule has 18 heavy (non-hydrogen) atoms. The van der Waals surface area contributed by atoms with Crippen LogP contribution in [0, 0.1) is 0 Å². The first-order valence-corrected chi connectivity index (χ1v) is 6.85. The van der Waals surface area contributed by atoms with E-state index in [1.165, 1.54) is 19.3 Å². The second-order valence-corrected chi connectivity index (χ2v) is 4.58. The number of hydrogen-bond donors (Lipinski definition) is 1. The first kappa shape index (κ1) is 14.7. The maximum absolute atomic E-state index is 11.5. The number of rotatable bonds is 8. The van der Waals surface area contributed by atoms with Crippen LogP contribution in [-0.2, 0) is 14.3 Å². The van der Waals surface area contributed by atoms with Crippen molar-refractivity contribution in [2.45, 2.75) is 57.9 Å². The van der Waals surface area contributed by atoms with Gasteiger partial charge in [0.1, 0.15) is 6.04 Å². The second kappa shape index (κ2) is 8.72. The summed E-state index contributed by atoms with van der Waals surface area (Å²) in [4.78, 5) is 22.7. The van der Waals surface area contributed by atoms with Crippen LogP contribution in [0.1, 0.15) is 51.9 Å². The molecule has 1 amide bonds. The van der Waals surface area contributed by atoms with Crippen molar-refractivity contribution in [2.75, 3.05) is 6.61 Å². The van der Waals surface area contributed by atoms with E-state index in [2.05, 4.69) is 18.3 Å². The lowest BCUT2D eigenvalue weighted by Gasteiger charge is -2.07. The number of carbonyl (C=O) groups is 2. The molecule has 0 radical (unpaired) electrons. The molecule has 1 atom stereocenters. The van der Waals surface area contributed by atoms with E-state index in [-0.39, 0.29) is 11.9 Å². The number of nitrogens with one attached hydrogen (secondary N) is 1. The highest BCUT2D eigenvalue weighted by Gasteiger charge is 2.27. The van der Waals surface area contributed by atoms with Gasteiger partial charge in [-0.1, -0.05) is 31.9 Å². The van der Waals surface area contributed by atoms with E-state index >= 15 is 0 Å². The van der Waals surface area contributed by atoms with Crippen molar-refractivity contribution in [3.8, 4) is 0 Å². The third-order valence-electron chi connectivity index (χ3n) is 2.95. The SMILES string of the molecule is CCCCCC=CCCC(=O)NC1CCOC1=O. The number of hydrogen-bond acceptors (Lipinski definition) is 3. The molecule has 0 saturated carbocycles. The molecule has 0 aromatic rings. The topological polar surface area (TPSA) is 55.4 Å². The van der Waals surface area contributed by atoms with Gasteiger partial charge in [-0.3, -0.25) is 4.79 Å². The zero-order chi connectivity index (χ0) is 13.2. The molecule has 0 aliphatic carbocycles. The summed E-state index contributed by atoms with van der Waals surface area (Å²) in [5.41, 5.74) is 0. The summed E-state index contributed by atoms with van der Waals surface area (Å²) in [6.07, 6.45) is 10.7. The lowest BCUT2D eigenvalue weighted by molar-refractivity contribution is -0.141. The predicted octanol–water partition coefficient (Wildman–Crippen LogP) is 2.33. The average Bonchev–Trinajstić information content (AvgIpc) is 2.74. The van der Waals surface area contributed by atoms with Gasteiger partial charge in [0.25, 0.3) is 0 Å². The Morgan fingerprint density at radius 1 is 1.39 bits per heavy atom. The molecule has 0 bridgehead atoms. The quantitative estimate of drug-likeness (QED) is 0.410. The normalized spacial score (nSPS) is 19.2. The molecular weight excluding hydrogens is 230 g/mol. The molecule has 1 aliphatic rings. The summed E-state index contributed by atoms with van der Waals surface area (Å²) in [5.74, 6) is -0.379. The Kier molecular flexibility index (Phi) is 7.14.